The van der Waals surface area contributed by atoms with E-state index >= 15 is 0 Å². The molecule has 8 aliphatic carbocycles. The fourth-order valence-electron chi connectivity index (χ4n) is 20.8. The van der Waals surface area contributed by atoms with Crippen molar-refractivity contribution in [1.29, 1.82) is 0 Å². The lowest BCUT2D eigenvalue weighted by molar-refractivity contribution is -0.125. The first-order valence-electron chi connectivity index (χ1n) is 39.7. The maximum absolute atomic E-state index is 12.2. The molecule has 12 atom stereocenters. The van der Waals surface area contributed by atoms with Crippen molar-refractivity contribution in [3.05, 3.63) is 0 Å². The Labute approximate surface area is 536 Å². The van der Waals surface area contributed by atoms with Gasteiger partial charge in [0.05, 0.1) is 0 Å². The third-order valence-corrected chi connectivity index (χ3v) is 26.3. The van der Waals surface area contributed by atoms with E-state index in [9.17, 15) is 19.2 Å². The Balaban J connectivity index is 0.000000210. The van der Waals surface area contributed by atoms with Crippen molar-refractivity contribution in [2.75, 3.05) is 0 Å². The molecule has 0 heterocycles. The smallest absolute Gasteiger partial charge is 0.135 e. The van der Waals surface area contributed by atoms with Gasteiger partial charge in [-0.3, -0.25) is 19.2 Å². The molecule has 0 amide bonds. The summed E-state index contributed by atoms with van der Waals surface area (Å²) in [5, 5.41) is 0. The van der Waals surface area contributed by atoms with E-state index in [4.69, 9.17) is 0 Å². The molecular weight excluding hydrogens is 1050 g/mol. The average molecular weight is 1200 g/mol. The van der Waals surface area contributed by atoms with E-state index in [1.165, 1.54) is 257 Å². The zero-order valence-electron chi connectivity index (χ0n) is 59.7. The number of hydrogen-bond donors (Lipinski definition) is 0. The molecule has 8 fully saturated rings. The van der Waals surface area contributed by atoms with Crippen LogP contribution in [0.2, 0.25) is 0 Å². The number of hydrogen-bond acceptors (Lipinski definition) is 4. The molecule has 8 aliphatic rings. The largest absolute Gasteiger partial charge is 0.300 e. The van der Waals surface area contributed by atoms with Gasteiger partial charge in [-0.1, -0.05) is 185 Å². The van der Waals surface area contributed by atoms with E-state index in [2.05, 4.69) is 69.2 Å². The maximum Gasteiger partial charge on any atom is 0.135 e. The number of carbonyl (C=O) groups is 4. The molecule has 0 spiro atoms. The second kappa shape index (κ2) is 42.0. The van der Waals surface area contributed by atoms with E-state index in [0.717, 1.165) is 133 Å². The van der Waals surface area contributed by atoms with Gasteiger partial charge in [0.25, 0.3) is 0 Å². The molecule has 86 heavy (non-hydrogen) atoms. The number of Topliss-reactive ketones (excluding diaryl/α,β-unsaturated/α-hetero) is 4. The van der Waals surface area contributed by atoms with Crippen molar-refractivity contribution >= 4 is 23.1 Å². The molecule has 0 aromatic rings. The van der Waals surface area contributed by atoms with Gasteiger partial charge in [-0.2, -0.15) is 0 Å². The van der Waals surface area contributed by atoms with Gasteiger partial charge in [0.1, 0.15) is 23.1 Å². The predicted molar refractivity (Wildman–Crippen MR) is 370 cm³/mol. The lowest BCUT2D eigenvalue weighted by atomic mass is 9.64. The summed E-state index contributed by atoms with van der Waals surface area (Å²) in [7, 11) is 0. The van der Waals surface area contributed by atoms with Gasteiger partial charge >= 0.3 is 0 Å². The van der Waals surface area contributed by atoms with Gasteiger partial charge in [-0.25, -0.2) is 0 Å². The molecule has 0 bridgehead atoms. The Morgan fingerprint density at radius 1 is 0.279 bits per heavy atom. The highest BCUT2D eigenvalue weighted by molar-refractivity contribution is 5.81. The summed E-state index contributed by atoms with van der Waals surface area (Å²) in [4.78, 5) is 47.7. The van der Waals surface area contributed by atoms with Crippen molar-refractivity contribution in [2.45, 2.75) is 378 Å². The summed E-state index contributed by atoms with van der Waals surface area (Å²) in [5.74, 6) is 18.9. The van der Waals surface area contributed by atoms with Crippen LogP contribution in [0, 0.1) is 118 Å². The molecule has 0 saturated heterocycles. The van der Waals surface area contributed by atoms with E-state index < -0.39 is 0 Å². The van der Waals surface area contributed by atoms with Crippen LogP contribution in [0.5, 0.6) is 0 Å². The summed E-state index contributed by atoms with van der Waals surface area (Å²) in [6.45, 7) is 27.4. The Morgan fingerprint density at radius 3 is 0.767 bits per heavy atom. The zero-order valence-corrected chi connectivity index (χ0v) is 59.7. The van der Waals surface area contributed by atoms with Gasteiger partial charge in [0.2, 0.25) is 0 Å². The van der Waals surface area contributed by atoms with Crippen LogP contribution in [0.15, 0.2) is 0 Å². The molecular formula is C82H148O4. The first-order valence-corrected chi connectivity index (χ1v) is 39.7. The fourth-order valence-corrected chi connectivity index (χ4v) is 20.8. The Morgan fingerprint density at radius 2 is 0.535 bits per heavy atom. The summed E-state index contributed by atoms with van der Waals surface area (Å²) >= 11 is 0. The van der Waals surface area contributed by atoms with E-state index in [1.54, 1.807) is 6.92 Å². The highest BCUT2D eigenvalue weighted by atomic mass is 16.1. The summed E-state index contributed by atoms with van der Waals surface area (Å²) < 4.78 is 0. The van der Waals surface area contributed by atoms with E-state index in [1.807, 2.05) is 6.92 Å². The van der Waals surface area contributed by atoms with Crippen LogP contribution in [-0.4, -0.2) is 23.1 Å². The first-order chi connectivity index (χ1) is 41.6. The van der Waals surface area contributed by atoms with Crippen LogP contribution in [0.3, 0.4) is 0 Å². The van der Waals surface area contributed by atoms with Crippen molar-refractivity contribution in [3.8, 4) is 0 Å². The minimum atomic E-state index is 0.391. The number of rotatable bonds is 26. The molecule has 4 nitrogen and oxygen atoms in total. The van der Waals surface area contributed by atoms with Crippen LogP contribution in [-0.2, 0) is 19.2 Å². The first kappa shape index (κ1) is 75.4. The van der Waals surface area contributed by atoms with E-state index in [0.29, 0.717) is 46.8 Å². The Bertz CT molecular complexity index is 1800. The quantitative estimate of drug-likeness (QED) is 0.0865. The molecule has 0 radical (unpaired) electrons. The molecule has 0 aliphatic heterocycles. The summed E-state index contributed by atoms with van der Waals surface area (Å²) in [6.07, 6.45) is 60.3. The third-order valence-electron chi connectivity index (χ3n) is 26.3. The Hall–Kier alpha value is -1.32. The number of unbranched alkanes of at least 4 members (excludes halogenated alkanes) is 5. The van der Waals surface area contributed by atoms with Gasteiger partial charge in [-0.05, 0) is 269 Å². The fraction of sp³-hybridized carbons (Fsp3) is 0.951. The van der Waals surface area contributed by atoms with Crippen molar-refractivity contribution < 1.29 is 19.2 Å². The van der Waals surface area contributed by atoms with Crippen LogP contribution in [0.1, 0.15) is 378 Å². The minimum Gasteiger partial charge on any atom is -0.300 e. The third kappa shape index (κ3) is 25.3. The monoisotopic (exact) mass is 1200 g/mol. The van der Waals surface area contributed by atoms with Gasteiger partial charge in [0.15, 0.2) is 0 Å². The van der Waals surface area contributed by atoms with Crippen LogP contribution < -0.4 is 0 Å². The lowest BCUT2D eigenvalue weighted by Crippen LogP contribution is -2.32. The van der Waals surface area contributed by atoms with Crippen molar-refractivity contribution in [1.82, 2.24) is 0 Å². The van der Waals surface area contributed by atoms with E-state index in [-0.39, 0.29) is 0 Å². The number of ketones is 4. The molecule has 0 aromatic heterocycles. The standard InChI is InChI=1S/C22H40O.C21H38O.C20H36O.C19H34O/c1-4-6-8-18-10-15-21(17(3)16-18)19-11-13-20(14-12-19)22(23)9-7-5-2;1-4-6-8-17-9-14-20(16(3)15-17)18-10-12-19(13-11-18)21(22)7-5-2;1-4-6-7-16-8-13-19(15(3)14-16)17-9-11-18(12-10-17)20(21)5-2;1-4-5-6-16-7-12-19(14(2)13-16)18-10-8-17(9-11-18)15(3)20/h17-21H,4-16H2,1-3H3;16-20H,4-15H2,1-3H3;15-19H,4-14H2,1-3H3;14,16-19H,4-13H2,1-3H3. The summed E-state index contributed by atoms with van der Waals surface area (Å²) in [5.41, 5.74) is 0. The highest BCUT2D eigenvalue weighted by Crippen LogP contribution is 2.50. The predicted octanol–water partition coefficient (Wildman–Crippen LogP) is 24.8. The molecule has 0 N–H and O–H groups in total. The van der Waals surface area contributed by atoms with Crippen LogP contribution >= 0.6 is 0 Å². The molecule has 0 aromatic carbocycles. The molecule has 500 valence electrons. The van der Waals surface area contributed by atoms with Crippen molar-refractivity contribution in [2.24, 2.45) is 118 Å². The van der Waals surface area contributed by atoms with Crippen molar-refractivity contribution in [3.63, 3.8) is 0 Å². The zero-order chi connectivity index (χ0) is 62.4. The SMILES string of the molecule is CCCCC(=O)C1CCC(C2CCC(CCCC)CC2C)CC1.CCCCC1CCC(C2CCC(C(=O)CC)CC2)C(C)C1.CCCCC1CCC(C2CCC(C(=O)CCC)CC2)C(C)C1.CCCCC1CCC(C2CCC(C(C)=O)CC2)C(C)C1. The number of carbonyl (C=O) groups excluding carboxylic acids is 4. The molecule has 4 heteroatoms. The average Bonchev–Trinajstić information content (AvgIpc) is 2.16. The van der Waals surface area contributed by atoms with Gasteiger partial charge in [0, 0.05) is 42.9 Å². The molecule has 8 saturated carbocycles. The molecule has 8 rings (SSSR count). The second-order valence-corrected chi connectivity index (χ2v) is 32.5. The second-order valence-electron chi connectivity index (χ2n) is 32.5. The minimum absolute atomic E-state index is 0.391. The lowest BCUT2D eigenvalue weighted by Gasteiger charge is -2.41. The van der Waals surface area contributed by atoms with Gasteiger partial charge in [-0.15, -0.1) is 0 Å². The maximum atomic E-state index is 12.2. The summed E-state index contributed by atoms with van der Waals surface area (Å²) in [6, 6.07) is 0. The van der Waals surface area contributed by atoms with Gasteiger partial charge < -0.3 is 0 Å². The van der Waals surface area contributed by atoms with Crippen LogP contribution in [0.4, 0.5) is 0 Å². The topological polar surface area (TPSA) is 68.3 Å². The Kier molecular flexibility index (Phi) is 36.8. The molecule has 12 unspecified atom stereocenters. The highest BCUT2D eigenvalue weighted by Gasteiger charge is 2.40. The van der Waals surface area contributed by atoms with Crippen LogP contribution in [0.25, 0.3) is 0 Å². The normalized spacial score (nSPS) is 36.8.